The molecule has 2 rings (SSSR count). The molecule has 0 amide bonds. The molecule has 1 heterocycles. The zero-order chi connectivity index (χ0) is 15.1. The van der Waals surface area contributed by atoms with Gasteiger partial charge in [0.25, 0.3) is 0 Å². The number of nitrogens with one attached hydrogen (secondary N) is 1. The van der Waals surface area contributed by atoms with Crippen LogP contribution >= 0.6 is 27.7 Å². The molecule has 21 heavy (non-hydrogen) atoms. The van der Waals surface area contributed by atoms with Gasteiger partial charge in [0.2, 0.25) is 0 Å². The van der Waals surface area contributed by atoms with Gasteiger partial charge in [-0.15, -0.1) is 11.8 Å². The van der Waals surface area contributed by atoms with E-state index in [0.717, 1.165) is 31.1 Å². The lowest BCUT2D eigenvalue weighted by Gasteiger charge is -2.18. The number of thioether (sulfide) groups is 1. The topological polar surface area (TPSA) is 29.9 Å². The molecule has 0 bridgehead atoms. The van der Waals surface area contributed by atoms with E-state index in [9.17, 15) is 0 Å². The van der Waals surface area contributed by atoms with Crippen LogP contribution in [-0.2, 0) is 13.0 Å². The minimum absolute atomic E-state index is 0.430. The molecule has 0 aliphatic carbocycles. The summed E-state index contributed by atoms with van der Waals surface area (Å²) in [5.74, 6) is 2.20. The van der Waals surface area contributed by atoms with Gasteiger partial charge in [0.05, 0.1) is 0 Å². The van der Waals surface area contributed by atoms with Crippen LogP contribution in [0.3, 0.4) is 0 Å². The maximum Gasteiger partial charge on any atom is 0.110 e. The SMILES string of the molecule is CCNC(CSc1ccccc1Br)Cc1nccn1CC. The summed E-state index contributed by atoms with van der Waals surface area (Å²) in [4.78, 5) is 5.78. The van der Waals surface area contributed by atoms with Crippen molar-refractivity contribution in [3.05, 3.63) is 47.0 Å². The molecule has 0 saturated carbocycles. The lowest BCUT2D eigenvalue weighted by atomic mass is 10.2. The first-order valence-electron chi connectivity index (χ1n) is 7.35. The molecule has 0 spiro atoms. The van der Waals surface area contributed by atoms with Crippen LogP contribution in [0.15, 0.2) is 46.0 Å². The van der Waals surface area contributed by atoms with Gasteiger partial charge in [0.15, 0.2) is 0 Å². The molecule has 1 unspecified atom stereocenters. The quantitative estimate of drug-likeness (QED) is 0.715. The molecule has 2 aromatic rings. The normalized spacial score (nSPS) is 12.5. The first-order valence-corrected chi connectivity index (χ1v) is 9.13. The fourth-order valence-electron chi connectivity index (χ4n) is 2.27. The van der Waals surface area contributed by atoms with E-state index in [-0.39, 0.29) is 0 Å². The van der Waals surface area contributed by atoms with Crippen molar-refractivity contribution in [3.8, 4) is 0 Å². The minimum atomic E-state index is 0.430. The lowest BCUT2D eigenvalue weighted by Crippen LogP contribution is -2.34. The third-order valence-electron chi connectivity index (χ3n) is 3.34. The number of imidazole rings is 1. The Bertz CT molecular complexity index is 556. The highest BCUT2D eigenvalue weighted by Crippen LogP contribution is 2.27. The van der Waals surface area contributed by atoms with Gasteiger partial charge < -0.3 is 9.88 Å². The van der Waals surface area contributed by atoms with Crippen LogP contribution in [0.25, 0.3) is 0 Å². The van der Waals surface area contributed by atoms with Crippen LogP contribution < -0.4 is 5.32 Å². The number of aryl methyl sites for hydroxylation is 1. The summed E-state index contributed by atoms with van der Waals surface area (Å²) in [6.45, 7) is 6.27. The second kappa shape index (κ2) is 8.61. The van der Waals surface area contributed by atoms with Gasteiger partial charge in [-0.1, -0.05) is 19.1 Å². The zero-order valence-electron chi connectivity index (χ0n) is 12.6. The summed E-state index contributed by atoms with van der Waals surface area (Å²) in [5, 5.41) is 3.57. The van der Waals surface area contributed by atoms with E-state index in [2.05, 4.69) is 69.0 Å². The Kier molecular flexibility index (Phi) is 6.80. The summed E-state index contributed by atoms with van der Waals surface area (Å²) < 4.78 is 3.38. The van der Waals surface area contributed by atoms with Crippen LogP contribution in [0.5, 0.6) is 0 Å². The number of hydrogen-bond donors (Lipinski definition) is 1. The van der Waals surface area contributed by atoms with Crippen molar-refractivity contribution in [2.45, 2.75) is 37.8 Å². The van der Waals surface area contributed by atoms with Gasteiger partial charge in [0.1, 0.15) is 5.82 Å². The number of aromatic nitrogens is 2. The summed E-state index contributed by atoms with van der Waals surface area (Å²) in [6.07, 6.45) is 4.91. The fraction of sp³-hybridized carbons (Fsp3) is 0.438. The standard InChI is InChI=1S/C16H22BrN3S/c1-3-18-13(11-16-19-9-10-20(16)4-2)12-21-15-8-6-5-7-14(15)17/h5-10,13,18H,3-4,11-12H2,1-2H3. The number of benzene rings is 1. The number of rotatable bonds is 8. The molecule has 1 atom stereocenters. The van der Waals surface area contributed by atoms with Crippen molar-refractivity contribution in [1.82, 2.24) is 14.9 Å². The molecule has 3 nitrogen and oxygen atoms in total. The maximum atomic E-state index is 4.49. The molecular weight excluding hydrogens is 346 g/mol. The molecule has 0 saturated heterocycles. The van der Waals surface area contributed by atoms with E-state index in [4.69, 9.17) is 0 Å². The Morgan fingerprint density at radius 1 is 1.33 bits per heavy atom. The largest absolute Gasteiger partial charge is 0.335 e. The molecule has 114 valence electrons. The predicted octanol–water partition coefficient (Wildman–Crippen LogP) is 3.98. The third kappa shape index (κ3) is 4.87. The van der Waals surface area contributed by atoms with Crippen LogP contribution in [-0.4, -0.2) is 27.9 Å². The molecule has 1 aromatic heterocycles. The Labute approximate surface area is 139 Å². The molecule has 1 N–H and O–H groups in total. The van der Waals surface area contributed by atoms with Crippen LogP contribution in [0.4, 0.5) is 0 Å². The van der Waals surface area contributed by atoms with Gasteiger partial charge in [-0.3, -0.25) is 0 Å². The van der Waals surface area contributed by atoms with Gasteiger partial charge >= 0.3 is 0 Å². The second-order valence-corrected chi connectivity index (χ2v) is 6.75. The summed E-state index contributed by atoms with van der Waals surface area (Å²) in [6, 6.07) is 8.81. The fourth-order valence-corrected chi connectivity index (χ4v) is 3.89. The monoisotopic (exact) mass is 367 g/mol. The first-order chi connectivity index (χ1) is 10.2. The maximum absolute atomic E-state index is 4.49. The molecular formula is C16H22BrN3S. The summed E-state index contributed by atoms with van der Waals surface area (Å²) in [7, 11) is 0. The third-order valence-corrected chi connectivity index (χ3v) is 5.53. The van der Waals surface area contributed by atoms with E-state index < -0.39 is 0 Å². The number of halogens is 1. The van der Waals surface area contributed by atoms with Crippen molar-refractivity contribution in [2.24, 2.45) is 0 Å². The zero-order valence-corrected chi connectivity index (χ0v) is 15.0. The van der Waals surface area contributed by atoms with E-state index in [0.29, 0.717) is 6.04 Å². The number of likely N-dealkylation sites (N-methyl/N-ethyl adjacent to an activating group) is 1. The lowest BCUT2D eigenvalue weighted by molar-refractivity contribution is 0.542. The van der Waals surface area contributed by atoms with Crippen molar-refractivity contribution in [1.29, 1.82) is 0 Å². The highest BCUT2D eigenvalue weighted by atomic mass is 79.9. The van der Waals surface area contributed by atoms with E-state index in [1.54, 1.807) is 0 Å². The van der Waals surface area contributed by atoms with E-state index >= 15 is 0 Å². The number of hydrogen-bond acceptors (Lipinski definition) is 3. The Morgan fingerprint density at radius 3 is 2.86 bits per heavy atom. The van der Waals surface area contributed by atoms with Gasteiger partial charge in [-0.2, -0.15) is 0 Å². The predicted molar refractivity (Wildman–Crippen MR) is 93.9 cm³/mol. The molecule has 0 radical (unpaired) electrons. The van der Waals surface area contributed by atoms with Gasteiger partial charge in [-0.05, 0) is 41.5 Å². The summed E-state index contributed by atoms with van der Waals surface area (Å²) in [5.41, 5.74) is 0. The van der Waals surface area contributed by atoms with Crippen LogP contribution in [0.1, 0.15) is 19.7 Å². The highest BCUT2D eigenvalue weighted by Gasteiger charge is 2.13. The smallest absolute Gasteiger partial charge is 0.110 e. The molecule has 1 aromatic carbocycles. The van der Waals surface area contributed by atoms with Crippen molar-refractivity contribution < 1.29 is 0 Å². The van der Waals surface area contributed by atoms with Gasteiger partial charge in [-0.25, -0.2) is 4.98 Å². The van der Waals surface area contributed by atoms with E-state index in [1.165, 1.54) is 9.37 Å². The molecule has 0 fully saturated rings. The van der Waals surface area contributed by atoms with Crippen LogP contribution in [0.2, 0.25) is 0 Å². The first kappa shape index (κ1) is 16.6. The Balaban J connectivity index is 1.97. The van der Waals surface area contributed by atoms with Crippen molar-refractivity contribution >= 4 is 27.7 Å². The Morgan fingerprint density at radius 2 is 2.14 bits per heavy atom. The minimum Gasteiger partial charge on any atom is -0.335 e. The molecule has 5 heteroatoms. The van der Waals surface area contributed by atoms with Crippen molar-refractivity contribution in [2.75, 3.05) is 12.3 Å². The van der Waals surface area contributed by atoms with Gasteiger partial charge in [0, 0.05) is 46.5 Å². The molecule has 0 aliphatic heterocycles. The highest BCUT2D eigenvalue weighted by molar-refractivity contribution is 9.10. The van der Waals surface area contributed by atoms with Crippen molar-refractivity contribution in [3.63, 3.8) is 0 Å². The Hall–Kier alpha value is -0.780. The van der Waals surface area contributed by atoms with E-state index in [1.807, 2.05) is 24.0 Å². The van der Waals surface area contributed by atoms with Crippen LogP contribution in [0, 0.1) is 0 Å². The average molecular weight is 368 g/mol. The summed E-state index contributed by atoms with van der Waals surface area (Å²) >= 11 is 5.50. The number of nitrogens with zero attached hydrogens (tertiary/aromatic N) is 2. The molecule has 0 aliphatic rings. The average Bonchev–Trinajstić information content (AvgIpc) is 2.93. The second-order valence-electron chi connectivity index (χ2n) is 4.83.